The smallest absolute Gasteiger partial charge is 0.341 e. The number of halogens is 1. The van der Waals surface area contributed by atoms with Crippen LogP contribution < -0.4 is 0 Å². The summed E-state index contributed by atoms with van der Waals surface area (Å²) < 4.78 is 42.2. The van der Waals surface area contributed by atoms with Crippen LogP contribution in [0.2, 0.25) is 0 Å². The van der Waals surface area contributed by atoms with E-state index in [1.165, 1.54) is 24.3 Å². The van der Waals surface area contributed by atoms with Gasteiger partial charge in [-0.1, -0.05) is 18.2 Å². The number of sulfone groups is 1. The number of methoxy groups -OCH3 is 1. The van der Waals surface area contributed by atoms with Crippen LogP contribution in [0.3, 0.4) is 0 Å². The third-order valence-electron chi connectivity index (χ3n) is 2.40. The highest BCUT2D eigenvalue weighted by Crippen LogP contribution is 2.21. The quantitative estimate of drug-likeness (QED) is 0.656. The molecule has 0 bridgehead atoms. The first-order valence-corrected chi connectivity index (χ1v) is 7.24. The number of hydrogen-bond acceptors (Lipinski definition) is 5. The molecule has 1 aromatic carbocycles. The van der Waals surface area contributed by atoms with E-state index in [1.807, 2.05) is 0 Å². The number of ether oxygens (including phenoxy) is 1. The minimum absolute atomic E-state index is 0.0457. The number of hydrogen-bond donors (Lipinski definition) is 1. The molecule has 0 aromatic heterocycles. The Kier molecular flexibility index (Phi) is 5.15. The summed E-state index contributed by atoms with van der Waals surface area (Å²) in [5.41, 5.74) is 0. The predicted octanol–water partition coefficient (Wildman–Crippen LogP) is 1.27. The molecule has 0 radical (unpaired) electrons. The van der Waals surface area contributed by atoms with E-state index in [2.05, 4.69) is 17.4 Å². The lowest BCUT2D eigenvalue weighted by atomic mass is 10.3. The molecule has 0 aliphatic carbocycles. The Balaban J connectivity index is 3.13. The van der Waals surface area contributed by atoms with E-state index in [0.29, 0.717) is 0 Å². The van der Waals surface area contributed by atoms with Crippen LogP contribution in [0, 0.1) is 0 Å². The fourth-order valence-electron chi connectivity index (χ4n) is 1.40. The molecule has 7 heteroatoms. The molecule has 0 aliphatic rings. The highest BCUT2D eigenvalue weighted by Gasteiger charge is 2.38. The molecule has 0 spiro atoms. The van der Waals surface area contributed by atoms with E-state index < -0.39 is 27.2 Å². The van der Waals surface area contributed by atoms with Crippen molar-refractivity contribution in [3.8, 4) is 0 Å². The van der Waals surface area contributed by atoms with Gasteiger partial charge in [-0.3, -0.25) is 0 Å². The van der Waals surface area contributed by atoms with Crippen molar-refractivity contribution in [2.45, 2.75) is 16.3 Å². The van der Waals surface area contributed by atoms with Crippen molar-refractivity contribution in [1.29, 1.82) is 0 Å². The zero-order valence-electron chi connectivity index (χ0n) is 9.61. The van der Waals surface area contributed by atoms with Gasteiger partial charge in [0, 0.05) is 5.75 Å². The van der Waals surface area contributed by atoms with Gasteiger partial charge in [-0.05, 0) is 12.1 Å². The molecule has 0 fully saturated rings. The van der Waals surface area contributed by atoms with Gasteiger partial charge in [-0.2, -0.15) is 12.6 Å². The van der Waals surface area contributed by atoms with E-state index in [1.54, 1.807) is 6.07 Å². The van der Waals surface area contributed by atoms with Crippen LogP contribution in [0.5, 0.6) is 0 Å². The Hall–Kier alpha value is -1.08. The fraction of sp³-hybridized carbons (Fsp3) is 0.364. The maximum atomic E-state index is 13.7. The van der Waals surface area contributed by atoms with Gasteiger partial charge in [0.15, 0.2) is 9.84 Å². The first-order chi connectivity index (χ1) is 8.45. The minimum atomic E-state index is -3.96. The van der Waals surface area contributed by atoms with Crippen LogP contribution in [0.25, 0.3) is 0 Å². The third-order valence-corrected chi connectivity index (χ3v) is 5.18. The van der Waals surface area contributed by atoms with E-state index in [0.717, 1.165) is 7.11 Å². The Morgan fingerprint density at radius 2 is 1.94 bits per heavy atom. The molecular weight excluding hydrogens is 279 g/mol. The molecule has 2 unspecified atom stereocenters. The second-order valence-corrected chi connectivity index (χ2v) is 6.04. The molecule has 0 saturated carbocycles. The van der Waals surface area contributed by atoms with Crippen molar-refractivity contribution < 1.29 is 22.3 Å². The zero-order chi connectivity index (χ0) is 13.8. The summed E-state index contributed by atoms with van der Waals surface area (Å²) in [6.07, 6.45) is -2.25. The Morgan fingerprint density at radius 3 is 2.39 bits per heavy atom. The number of carbonyl (C=O) groups is 1. The van der Waals surface area contributed by atoms with E-state index in [9.17, 15) is 17.6 Å². The van der Waals surface area contributed by atoms with Gasteiger partial charge in [0.2, 0.25) is 6.17 Å². The second kappa shape index (κ2) is 6.19. The molecule has 1 rings (SSSR count). The first kappa shape index (κ1) is 15.0. The standard InChI is InChI=1S/C11H13FO4S2/c1-16-11(13)10(12)9(7-17)18(14,15)8-5-3-2-4-6-8/h2-6,9-10,17H,7H2,1H3. The molecule has 0 saturated heterocycles. The maximum absolute atomic E-state index is 13.7. The van der Waals surface area contributed by atoms with Crippen LogP contribution in [-0.2, 0) is 19.4 Å². The van der Waals surface area contributed by atoms with Gasteiger partial charge in [0.05, 0.1) is 12.0 Å². The number of benzene rings is 1. The number of rotatable bonds is 5. The molecule has 0 heterocycles. The molecule has 100 valence electrons. The Labute approximate surface area is 110 Å². The largest absolute Gasteiger partial charge is 0.467 e. The van der Waals surface area contributed by atoms with Gasteiger partial charge >= 0.3 is 5.97 Å². The summed E-state index contributed by atoms with van der Waals surface area (Å²) in [6.45, 7) is 0. The van der Waals surface area contributed by atoms with Crippen LogP contribution in [0.4, 0.5) is 4.39 Å². The lowest BCUT2D eigenvalue weighted by Gasteiger charge is -2.17. The van der Waals surface area contributed by atoms with Crippen LogP contribution in [0.15, 0.2) is 35.2 Å². The summed E-state index contributed by atoms with van der Waals surface area (Å²) in [7, 11) is -2.96. The predicted molar refractivity (Wildman–Crippen MR) is 68.2 cm³/mol. The molecule has 1 aromatic rings. The van der Waals surface area contributed by atoms with E-state index in [-0.39, 0.29) is 10.6 Å². The average molecular weight is 292 g/mol. The average Bonchev–Trinajstić information content (AvgIpc) is 2.39. The summed E-state index contributed by atoms with van der Waals surface area (Å²) in [4.78, 5) is 11.0. The van der Waals surface area contributed by atoms with Gasteiger partial charge in [-0.15, -0.1) is 0 Å². The van der Waals surface area contributed by atoms with Crippen molar-refractivity contribution in [1.82, 2.24) is 0 Å². The van der Waals surface area contributed by atoms with Crippen molar-refractivity contribution in [3.63, 3.8) is 0 Å². The summed E-state index contributed by atoms with van der Waals surface area (Å²) in [6, 6.07) is 7.37. The van der Waals surface area contributed by atoms with Crippen molar-refractivity contribution in [3.05, 3.63) is 30.3 Å². The maximum Gasteiger partial charge on any atom is 0.341 e. The van der Waals surface area contributed by atoms with Gasteiger partial charge in [-0.25, -0.2) is 17.6 Å². The summed E-state index contributed by atoms with van der Waals surface area (Å²) in [5, 5.41) is -1.56. The fourth-order valence-corrected chi connectivity index (χ4v) is 3.68. The van der Waals surface area contributed by atoms with Gasteiger partial charge in [0.25, 0.3) is 0 Å². The van der Waals surface area contributed by atoms with Crippen LogP contribution in [-0.4, -0.2) is 38.7 Å². The minimum Gasteiger partial charge on any atom is -0.467 e. The van der Waals surface area contributed by atoms with Crippen LogP contribution >= 0.6 is 12.6 Å². The number of carbonyl (C=O) groups excluding carboxylic acids is 1. The Bertz CT molecular complexity index is 501. The lowest BCUT2D eigenvalue weighted by molar-refractivity contribution is -0.146. The second-order valence-electron chi connectivity index (χ2n) is 3.50. The van der Waals surface area contributed by atoms with Crippen LogP contribution in [0.1, 0.15) is 0 Å². The normalized spacial score (nSPS) is 14.8. The SMILES string of the molecule is COC(=O)C(F)C(CS)S(=O)(=O)c1ccccc1. The lowest BCUT2D eigenvalue weighted by Crippen LogP contribution is -2.39. The molecule has 0 amide bonds. The van der Waals surface area contributed by atoms with Crippen molar-refractivity contribution >= 4 is 28.4 Å². The van der Waals surface area contributed by atoms with Gasteiger partial charge in [0.1, 0.15) is 5.25 Å². The first-order valence-electron chi connectivity index (χ1n) is 5.07. The zero-order valence-corrected chi connectivity index (χ0v) is 11.3. The topological polar surface area (TPSA) is 60.4 Å². The number of thiol groups is 1. The number of esters is 1. The highest BCUT2D eigenvalue weighted by atomic mass is 32.2. The molecule has 4 nitrogen and oxygen atoms in total. The molecule has 18 heavy (non-hydrogen) atoms. The summed E-state index contributed by atoms with van der Waals surface area (Å²) >= 11 is 3.81. The monoisotopic (exact) mass is 292 g/mol. The number of alkyl halides is 1. The third kappa shape index (κ3) is 3.02. The van der Waals surface area contributed by atoms with Gasteiger partial charge < -0.3 is 4.74 Å². The van der Waals surface area contributed by atoms with E-state index in [4.69, 9.17) is 0 Å². The molecule has 0 N–H and O–H groups in total. The van der Waals surface area contributed by atoms with Crippen molar-refractivity contribution in [2.24, 2.45) is 0 Å². The van der Waals surface area contributed by atoms with Crippen molar-refractivity contribution in [2.75, 3.05) is 12.9 Å². The Morgan fingerprint density at radius 1 is 1.39 bits per heavy atom. The molecule has 2 atom stereocenters. The highest BCUT2D eigenvalue weighted by molar-refractivity contribution is 7.93. The molecular formula is C11H13FO4S2. The molecule has 0 aliphatic heterocycles. The van der Waals surface area contributed by atoms with E-state index >= 15 is 0 Å². The summed E-state index contributed by atoms with van der Waals surface area (Å²) in [5.74, 6) is -1.53.